The number of aromatic nitrogens is 5. The molecule has 6 heteroatoms. The van der Waals surface area contributed by atoms with Crippen molar-refractivity contribution in [3.8, 4) is 17.2 Å². The van der Waals surface area contributed by atoms with Gasteiger partial charge in [0.2, 0.25) is 0 Å². The Balaban J connectivity index is 1.12. The molecule has 5 aromatic heterocycles. The van der Waals surface area contributed by atoms with Gasteiger partial charge in [0.25, 0.3) is 0 Å². The molecule has 11 rings (SSSR count). The van der Waals surface area contributed by atoms with Crippen molar-refractivity contribution in [3.05, 3.63) is 152 Å². The Labute approximate surface area is 273 Å². The Kier molecular flexibility index (Phi) is 5.02. The molecule has 0 aliphatic rings. The van der Waals surface area contributed by atoms with Crippen LogP contribution in [-0.4, -0.2) is 23.3 Å². The third kappa shape index (κ3) is 3.40. The van der Waals surface area contributed by atoms with Crippen molar-refractivity contribution in [2.45, 2.75) is 0 Å². The molecule has 0 unspecified atom stereocenters. The Morgan fingerprint density at radius 3 is 1.81 bits per heavy atom. The third-order valence-electron chi connectivity index (χ3n) is 9.79. The first kappa shape index (κ1) is 25.5. The summed E-state index contributed by atoms with van der Waals surface area (Å²) in [4.78, 5) is 9.58. The van der Waals surface area contributed by atoms with E-state index >= 15 is 0 Å². The van der Waals surface area contributed by atoms with Gasteiger partial charge in [-0.3, -0.25) is 8.80 Å². The highest BCUT2D eigenvalue weighted by molar-refractivity contribution is 6.26. The van der Waals surface area contributed by atoms with E-state index in [9.17, 15) is 0 Å². The number of fused-ring (bicyclic) bond motifs is 16. The van der Waals surface area contributed by atoms with Crippen LogP contribution in [0, 0.1) is 0 Å². The minimum atomic E-state index is 0.757. The lowest BCUT2D eigenvalue weighted by atomic mass is 10.0. The van der Waals surface area contributed by atoms with Crippen LogP contribution < -0.4 is 4.74 Å². The van der Waals surface area contributed by atoms with Crippen LogP contribution in [0.4, 0.5) is 0 Å². The van der Waals surface area contributed by atoms with Crippen molar-refractivity contribution in [2.24, 2.45) is 0 Å². The molecular weight excluding hydrogens is 590 g/mol. The van der Waals surface area contributed by atoms with Gasteiger partial charge in [0.05, 0.1) is 22.1 Å². The minimum Gasteiger partial charge on any atom is -0.457 e. The van der Waals surface area contributed by atoms with Gasteiger partial charge < -0.3 is 9.30 Å². The van der Waals surface area contributed by atoms with Gasteiger partial charge in [0.1, 0.15) is 22.8 Å². The largest absolute Gasteiger partial charge is 0.457 e. The van der Waals surface area contributed by atoms with Crippen LogP contribution in [-0.2, 0) is 0 Å². The molecule has 11 aromatic rings. The monoisotopic (exact) mass is 615 g/mol. The number of hydrogen-bond acceptors (Lipinski definition) is 3. The summed E-state index contributed by atoms with van der Waals surface area (Å²) in [5.74, 6) is 1.52. The van der Waals surface area contributed by atoms with Gasteiger partial charge in [-0.2, -0.15) is 0 Å². The van der Waals surface area contributed by atoms with Crippen molar-refractivity contribution in [1.82, 2.24) is 23.3 Å². The lowest BCUT2D eigenvalue weighted by molar-refractivity contribution is 0.484. The van der Waals surface area contributed by atoms with Gasteiger partial charge in [-0.05, 0) is 77.5 Å². The first-order valence-corrected chi connectivity index (χ1v) is 16.1. The van der Waals surface area contributed by atoms with E-state index in [0.29, 0.717) is 0 Å². The molecule has 0 N–H and O–H groups in total. The minimum absolute atomic E-state index is 0.757. The standard InChI is InChI=1S/C42H25N5O/c1-2-8-26(9-3-1)47-37-13-7-5-11-33(37)39-38(47)19-18-32-30-17-15-28(25-35(30)42-44-21-23-46(42)40(32)39)48-27-14-16-29-31-10-4-6-12-36(31)45-22-20-43-41(45)34(29)24-27/h1-25H. The van der Waals surface area contributed by atoms with E-state index in [-0.39, 0.29) is 0 Å². The fourth-order valence-corrected chi connectivity index (χ4v) is 7.81. The van der Waals surface area contributed by atoms with Gasteiger partial charge in [0, 0.05) is 62.8 Å². The van der Waals surface area contributed by atoms with Crippen molar-refractivity contribution in [1.29, 1.82) is 0 Å². The SMILES string of the molecule is c1ccc(-n2c3ccccc3c3c2ccc2c4ccc(Oc5ccc6c7ccccc7n7ccnc7c6c5)cc4c4nccn4c23)cc1. The highest BCUT2D eigenvalue weighted by Gasteiger charge is 2.19. The molecule has 0 aliphatic carbocycles. The third-order valence-corrected chi connectivity index (χ3v) is 9.79. The summed E-state index contributed by atoms with van der Waals surface area (Å²) >= 11 is 0. The highest BCUT2D eigenvalue weighted by Crippen LogP contribution is 2.41. The number of imidazole rings is 2. The highest BCUT2D eigenvalue weighted by atomic mass is 16.5. The normalized spacial score (nSPS) is 12.2. The average molecular weight is 616 g/mol. The van der Waals surface area contributed by atoms with Crippen LogP contribution >= 0.6 is 0 Å². The van der Waals surface area contributed by atoms with Crippen LogP contribution in [0.2, 0.25) is 0 Å². The van der Waals surface area contributed by atoms with Gasteiger partial charge in [-0.15, -0.1) is 0 Å². The molecule has 6 nitrogen and oxygen atoms in total. The average Bonchev–Trinajstić information content (AvgIpc) is 3.90. The summed E-state index contributed by atoms with van der Waals surface area (Å²) in [6.45, 7) is 0. The second kappa shape index (κ2) is 9.44. The molecule has 6 aromatic carbocycles. The fraction of sp³-hybridized carbons (Fsp3) is 0. The summed E-state index contributed by atoms with van der Waals surface area (Å²) in [6, 6.07) is 44.8. The maximum atomic E-state index is 6.57. The maximum absolute atomic E-state index is 6.57. The molecule has 48 heavy (non-hydrogen) atoms. The van der Waals surface area contributed by atoms with E-state index in [2.05, 4.69) is 141 Å². The number of rotatable bonds is 3. The van der Waals surface area contributed by atoms with Crippen LogP contribution in [0.5, 0.6) is 11.5 Å². The smallest absolute Gasteiger partial charge is 0.145 e. The van der Waals surface area contributed by atoms with Crippen LogP contribution in [0.1, 0.15) is 0 Å². The van der Waals surface area contributed by atoms with E-state index in [1.54, 1.807) is 0 Å². The van der Waals surface area contributed by atoms with Gasteiger partial charge >= 0.3 is 0 Å². The van der Waals surface area contributed by atoms with Crippen LogP contribution in [0.25, 0.3) is 82.1 Å². The number of benzene rings is 6. The maximum Gasteiger partial charge on any atom is 0.145 e. The number of pyridine rings is 2. The Bertz CT molecular complexity index is 3100. The Morgan fingerprint density at radius 2 is 1.04 bits per heavy atom. The second-order valence-electron chi connectivity index (χ2n) is 12.3. The number of nitrogens with zero attached hydrogens (tertiary/aromatic N) is 5. The quantitative estimate of drug-likeness (QED) is 0.186. The molecule has 0 bridgehead atoms. The molecule has 0 saturated carbocycles. The molecule has 0 amide bonds. The summed E-state index contributed by atoms with van der Waals surface area (Å²) in [5.41, 5.74) is 7.59. The van der Waals surface area contributed by atoms with E-state index in [1.165, 1.54) is 32.6 Å². The van der Waals surface area contributed by atoms with Gasteiger partial charge in [0.15, 0.2) is 0 Å². The molecule has 0 atom stereocenters. The molecule has 0 aliphatic heterocycles. The van der Waals surface area contributed by atoms with E-state index < -0.39 is 0 Å². The van der Waals surface area contributed by atoms with Crippen LogP contribution in [0.15, 0.2) is 152 Å². The van der Waals surface area contributed by atoms with Crippen molar-refractivity contribution in [2.75, 3.05) is 0 Å². The van der Waals surface area contributed by atoms with E-state index in [1.807, 2.05) is 24.7 Å². The molecule has 0 saturated heterocycles. The van der Waals surface area contributed by atoms with E-state index in [0.717, 1.165) is 61.1 Å². The van der Waals surface area contributed by atoms with Crippen LogP contribution in [0.3, 0.4) is 0 Å². The first-order valence-electron chi connectivity index (χ1n) is 16.1. The summed E-state index contributed by atoms with van der Waals surface area (Å²) < 4.78 is 13.3. The number of para-hydroxylation sites is 3. The second-order valence-corrected chi connectivity index (χ2v) is 12.3. The zero-order valence-corrected chi connectivity index (χ0v) is 25.6. The summed E-state index contributed by atoms with van der Waals surface area (Å²) in [6.07, 6.45) is 7.83. The molecule has 0 spiro atoms. The molecule has 5 heterocycles. The number of hydrogen-bond donors (Lipinski definition) is 0. The molecular formula is C42H25N5O. The zero-order valence-electron chi connectivity index (χ0n) is 25.6. The first-order chi connectivity index (χ1) is 23.8. The predicted octanol–water partition coefficient (Wildman–Crippen LogP) is 10.5. The van der Waals surface area contributed by atoms with Gasteiger partial charge in [-0.25, -0.2) is 9.97 Å². The Morgan fingerprint density at radius 1 is 0.438 bits per heavy atom. The van der Waals surface area contributed by atoms with E-state index in [4.69, 9.17) is 14.7 Å². The lowest BCUT2D eigenvalue weighted by Crippen LogP contribution is -1.95. The summed E-state index contributed by atoms with van der Waals surface area (Å²) in [5, 5.41) is 9.17. The molecule has 0 fully saturated rings. The lowest BCUT2D eigenvalue weighted by Gasteiger charge is -2.13. The van der Waals surface area contributed by atoms with Gasteiger partial charge in [-0.1, -0.05) is 60.7 Å². The predicted molar refractivity (Wildman–Crippen MR) is 195 cm³/mol. The molecule has 0 radical (unpaired) electrons. The van der Waals surface area contributed by atoms with Crippen molar-refractivity contribution in [3.63, 3.8) is 0 Å². The number of ether oxygens (including phenoxy) is 1. The summed E-state index contributed by atoms with van der Waals surface area (Å²) in [7, 11) is 0. The zero-order chi connectivity index (χ0) is 31.3. The van der Waals surface area contributed by atoms with Crippen molar-refractivity contribution >= 4 is 76.5 Å². The topological polar surface area (TPSA) is 48.8 Å². The molecule has 224 valence electrons. The Hall–Kier alpha value is -6.66. The fourth-order valence-electron chi connectivity index (χ4n) is 7.81. The van der Waals surface area contributed by atoms with Crippen molar-refractivity contribution < 1.29 is 4.74 Å².